The van der Waals surface area contributed by atoms with Crippen molar-refractivity contribution in [1.82, 2.24) is 10.6 Å². The Morgan fingerprint density at radius 3 is 2.76 bits per heavy atom. The van der Waals surface area contributed by atoms with Gasteiger partial charge in [-0.1, -0.05) is 19.8 Å². The number of hydrogen-bond donors (Lipinski definition) is 2. The summed E-state index contributed by atoms with van der Waals surface area (Å²) in [4.78, 5) is 12.1. The Balaban J connectivity index is 1.73. The summed E-state index contributed by atoms with van der Waals surface area (Å²) in [6.07, 6.45) is 5.96. The standard InChI is InChI=1S/C14H26N2O/c1-10-4-3-5-13(10)9-16-14(17)12-6-7-15-11(2)8-12/h10-13,15H,3-9H2,1-2H3,(H,16,17). The summed E-state index contributed by atoms with van der Waals surface area (Å²) in [7, 11) is 0. The van der Waals surface area contributed by atoms with Gasteiger partial charge in [0, 0.05) is 18.5 Å². The van der Waals surface area contributed by atoms with Crippen molar-refractivity contribution in [1.29, 1.82) is 0 Å². The molecule has 0 aromatic carbocycles. The minimum Gasteiger partial charge on any atom is -0.356 e. The first-order valence-electron chi connectivity index (χ1n) is 7.18. The third kappa shape index (κ3) is 3.44. The molecule has 4 unspecified atom stereocenters. The van der Waals surface area contributed by atoms with Crippen LogP contribution < -0.4 is 10.6 Å². The summed E-state index contributed by atoms with van der Waals surface area (Å²) >= 11 is 0. The highest BCUT2D eigenvalue weighted by Gasteiger charge is 2.27. The summed E-state index contributed by atoms with van der Waals surface area (Å²) < 4.78 is 0. The van der Waals surface area contributed by atoms with Crippen LogP contribution in [0.25, 0.3) is 0 Å². The molecule has 2 fully saturated rings. The summed E-state index contributed by atoms with van der Waals surface area (Å²) in [5, 5.41) is 6.57. The maximum atomic E-state index is 12.1. The first kappa shape index (κ1) is 12.9. The number of rotatable bonds is 3. The highest BCUT2D eigenvalue weighted by atomic mass is 16.1. The fourth-order valence-corrected chi connectivity index (χ4v) is 3.27. The van der Waals surface area contributed by atoms with Crippen molar-refractivity contribution in [2.24, 2.45) is 17.8 Å². The molecule has 98 valence electrons. The lowest BCUT2D eigenvalue weighted by molar-refractivity contribution is -0.126. The van der Waals surface area contributed by atoms with Crippen LogP contribution in [0.2, 0.25) is 0 Å². The molecule has 1 saturated heterocycles. The van der Waals surface area contributed by atoms with Crippen molar-refractivity contribution in [3.05, 3.63) is 0 Å². The van der Waals surface area contributed by atoms with Crippen LogP contribution in [0, 0.1) is 17.8 Å². The molecule has 1 saturated carbocycles. The van der Waals surface area contributed by atoms with Crippen molar-refractivity contribution >= 4 is 5.91 Å². The molecule has 1 aliphatic heterocycles. The van der Waals surface area contributed by atoms with Gasteiger partial charge in [0.05, 0.1) is 0 Å². The van der Waals surface area contributed by atoms with Crippen molar-refractivity contribution in [2.75, 3.05) is 13.1 Å². The van der Waals surface area contributed by atoms with Crippen LogP contribution in [0.5, 0.6) is 0 Å². The molecule has 4 atom stereocenters. The molecule has 2 aliphatic rings. The molecule has 1 amide bonds. The number of nitrogens with one attached hydrogen (secondary N) is 2. The lowest BCUT2D eigenvalue weighted by Crippen LogP contribution is -2.43. The summed E-state index contributed by atoms with van der Waals surface area (Å²) in [5.74, 6) is 2.04. The van der Waals surface area contributed by atoms with Gasteiger partial charge < -0.3 is 10.6 Å². The topological polar surface area (TPSA) is 41.1 Å². The lowest BCUT2D eigenvalue weighted by Gasteiger charge is -2.27. The van der Waals surface area contributed by atoms with Crippen LogP contribution in [0.3, 0.4) is 0 Å². The number of carbonyl (C=O) groups excluding carboxylic acids is 1. The van der Waals surface area contributed by atoms with E-state index in [0.717, 1.165) is 37.8 Å². The van der Waals surface area contributed by atoms with Gasteiger partial charge in [-0.15, -0.1) is 0 Å². The van der Waals surface area contributed by atoms with E-state index in [1.165, 1.54) is 19.3 Å². The monoisotopic (exact) mass is 238 g/mol. The third-order valence-electron chi connectivity index (χ3n) is 4.57. The molecule has 0 spiro atoms. The van der Waals surface area contributed by atoms with E-state index < -0.39 is 0 Å². The Morgan fingerprint density at radius 1 is 1.29 bits per heavy atom. The van der Waals surface area contributed by atoms with Gasteiger partial charge in [0.1, 0.15) is 0 Å². The number of piperidine rings is 1. The lowest BCUT2D eigenvalue weighted by atomic mass is 9.92. The van der Waals surface area contributed by atoms with Crippen molar-refractivity contribution < 1.29 is 4.79 Å². The molecule has 3 nitrogen and oxygen atoms in total. The van der Waals surface area contributed by atoms with Gasteiger partial charge in [0.15, 0.2) is 0 Å². The van der Waals surface area contributed by atoms with Gasteiger partial charge in [-0.05, 0) is 44.6 Å². The number of amides is 1. The molecule has 3 heteroatoms. The predicted octanol–water partition coefficient (Wildman–Crippen LogP) is 1.93. The average Bonchev–Trinajstić information content (AvgIpc) is 2.72. The Labute approximate surface area is 105 Å². The van der Waals surface area contributed by atoms with Crippen LogP contribution in [-0.2, 0) is 4.79 Å². The second-order valence-electron chi connectivity index (χ2n) is 5.99. The molecular formula is C14H26N2O. The maximum Gasteiger partial charge on any atom is 0.223 e. The zero-order valence-corrected chi connectivity index (χ0v) is 11.2. The van der Waals surface area contributed by atoms with Crippen molar-refractivity contribution in [2.45, 2.75) is 52.0 Å². The van der Waals surface area contributed by atoms with E-state index in [1.807, 2.05) is 0 Å². The van der Waals surface area contributed by atoms with Gasteiger partial charge in [0.25, 0.3) is 0 Å². The fraction of sp³-hybridized carbons (Fsp3) is 0.929. The minimum absolute atomic E-state index is 0.239. The molecule has 2 N–H and O–H groups in total. The molecule has 2 rings (SSSR count). The van der Waals surface area contributed by atoms with E-state index in [9.17, 15) is 4.79 Å². The molecule has 17 heavy (non-hydrogen) atoms. The molecule has 1 heterocycles. The number of carbonyl (C=O) groups is 1. The Morgan fingerprint density at radius 2 is 2.12 bits per heavy atom. The van der Waals surface area contributed by atoms with Gasteiger partial charge in [-0.2, -0.15) is 0 Å². The van der Waals surface area contributed by atoms with Gasteiger partial charge >= 0.3 is 0 Å². The van der Waals surface area contributed by atoms with Crippen molar-refractivity contribution in [3.8, 4) is 0 Å². The van der Waals surface area contributed by atoms with E-state index in [-0.39, 0.29) is 11.8 Å². The Bertz CT molecular complexity index is 267. The second-order valence-corrected chi connectivity index (χ2v) is 5.99. The zero-order chi connectivity index (χ0) is 12.3. The van der Waals surface area contributed by atoms with E-state index in [2.05, 4.69) is 24.5 Å². The van der Waals surface area contributed by atoms with Crippen LogP contribution in [-0.4, -0.2) is 25.0 Å². The Kier molecular flexibility index (Phi) is 4.43. The van der Waals surface area contributed by atoms with Gasteiger partial charge in [-0.3, -0.25) is 4.79 Å². The Hall–Kier alpha value is -0.570. The van der Waals surface area contributed by atoms with Crippen molar-refractivity contribution in [3.63, 3.8) is 0 Å². The highest BCUT2D eigenvalue weighted by Crippen LogP contribution is 2.30. The average molecular weight is 238 g/mol. The second kappa shape index (κ2) is 5.85. The maximum absolute atomic E-state index is 12.1. The van der Waals surface area contributed by atoms with E-state index >= 15 is 0 Å². The van der Waals surface area contributed by atoms with Gasteiger partial charge in [-0.25, -0.2) is 0 Å². The van der Waals surface area contributed by atoms with Crippen LogP contribution in [0.4, 0.5) is 0 Å². The largest absolute Gasteiger partial charge is 0.356 e. The predicted molar refractivity (Wildman–Crippen MR) is 69.7 cm³/mol. The molecule has 0 radical (unpaired) electrons. The zero-order valence-electron chi connectivity index (χ0n) is 11.2. The molecular weight excluding hydrogens is 212 g/mol. The SMILES string of the molecule is CC1CC(C(=O)NCC2CCCC2C)CCN1. The molecule has 0 bridgehead atoms. The first-order valence-corrected chi connectivity index (χ1v) is 7.18. The van der Waals surface area contributed by atoms with E-state index in [0.29, 0.717) is 6.04 Å². The molecule has 0 aromatic rings. The van der Waals surface area contributed by atoms with Crippen LogP contribution in [0.1, 0.15) is 46.0 Å². The molecule has 0 aromatic heterocycles. The fourth-order valence-electron chi connectivity index (χ4n) is 3.27. The molecule has 1 aliphatic carbocycles. The smallest absolute Gasteiger partial charge is 0.223 e. The number of hydrogen-bond acceptors (Lipinski definition) is 2. The summed E-state index contributed by atoms with van der Waals surface area (Å²) in [6.45, 7) is 6.37. The summed E-state index contributed by atoms with van der Waals surface area (Å²) in [5.41, 5.74) is 0. The van der Waals surface area contributed by atoms with Crippen LogP contribution in [0.15, 0.2) is 0 Å². The van der Waals surface area contributed by atoms with E-state index in [1.54, 1.807) is 0 Å². The normalized spacial score (nSPS) is 38.0. The van der Waals surface area contributed by atoms with E-state index in [4.69, 9.17) is 0 Å². The van der Waals surface area contributed by atoms with Crippen LogP contribution >= 0.6 is 0 Å². The first-order chi connectivity index (χ1) is 8.16. The third-order valence-corrected chi connectivity index (χ3v) is 4.57. The highest BCUT2D eigenvalue weighted by molar-refractivity contribution is 5.78. The van der Waals surface area contributed by atoms with Gasteiger partial charge in [0.2, 0.25) is 5.91 Å². The minimum atomic E-state index is 0.239. The quantitative estimate of drug-likeness (QED) is 0.789. The summed E-state index contributed by atoms with van der Waals surface area (Å²) in [6, 6.07) is 0.491.